The zero-order valence-electron chi connectivity index (χ0n) is 12.7. The van der Waals surface area contributed by atoms with E-state index in [0.717, 1.165) is 0 Å². The van der Waals surface area contributed by atoms with E-state index in [1.165, 1.54) is 17.1 Å². The molecule has 0 unspecified atom stereocenters. The van der Waals surface area contributed by atoms with E-state index in [1.54, 1.807) is 34.7 Å². The second-order valence-electron chi connectivity index (χ2n) is 5.70. The Morgan fingerprint density at radius 1 is 1.33 bits per heavy atom. The Hall–Kier alpha value is -2.44. The molecule has 0 saturated carbocycles. The monoisotopic (exact) mass is 290 g/mol. The lowest BCUT2D eigenvalue weighted by atomic mass is 10.2. The lowest BCUT2D eigenvalue weighted by Gasteiger charge is -2.19. The van der Waals surface area contributed by atoms with E-state index in [9.17, 15) is 9.90 Å². The largest absolute Gasteiger partial charge is 0.504 e. The minimum atomic E-state index is -0.607. The number of nitrogens with zero attached hydrogens (tertiary/aromatic N) is 4. The fourth-order valence-corrected chi connectivity index (χ4v) is 1.76. The molecule has 1 N–H and O–H groups in total. The van der Waals surface area contributed by atoms with Crippen LogP contribution < -0.4 is 0 Å². The van der Waals surface area contributed by atoms with Crippen LogP contribution in [0, 0.1) is 6.92 Å². The summed E-state index contributed by atoms with van der Waals surface area (Å²) in [6.45, 7) is 7.04. The second kappa shape index (κ2) is 5.16. The average molecular weight is 290 g/mol. The Morgan fingerprint density at radius 2 is 2.00 bits per heavy atom. The molecular weight excluding hydrogens is 272 g/mol. The van der Waals surface area contributed by atoms with Crippen molar-refractivity contribution >= 4 is 5.97 Å². The summed E-state index contributed by atoms with van der Waals surface area (Å²) in [5, 5.41) is 13.6. The molecule has 2 aromatic rings. The van der Waals surface area contributed by atoms with Crippen molar-refractivity contribution in [1.29, 1.82) is 0 Å². The van der Waals surface area contributed by atoms with Gasteiger partial charge in [0, 0.05) is 7.05 Å². The summed E-state index contributed by atoms with van der Waals surface area (Å²) in [6, 6.07) is 0. The van der Waals surface area contributed by atoms with Gasteiger partial charge >= 0.3 is 5.97 Å². The third-order valence-electron chi connectivity index (χ3n) is 2.73. The zero-order valence-corrected chi connectivity index (χ0v) is 12.7. The van der Waals surface area contributed by atoms with Crippen LogP contribution in [-0.4, -0.2) is 36.4 Å². The molecule has 2 rings (SSSR count). The van der Waals surface area contributed by atoms with Crippen LogP contribution in [0.3, 0.4) is 0 Å². The summed E-state index contributed by atoms with van der Waals surface area (Å²) >= 11 is 0. The fraction of sp³-hybridized carbons (Fsp3) is 0.429. The summed E-state index contributed by atoms with van der Waals surface area (Å²) in [5.74, 6) is -0.174. The number of rotatable bonds is 2. The van der Waals surface area contributed by atoms with Gasteiger partial charge in [-0.05, 0) is 27.7 Å². The van der Waals surface area contributed by atoms with Gasteiger partial charge in [0.25, 0.3) is 0 Å². The first kappa shape index (κ1) is 15.0. The molecule has 0 bridgehead atoms. The average Bonchev–Trinajstić information content (AvgIpc) is 2.72. The summed E-state index contributed by atoms with van der Waals surface area (Å²) in [6.07, 6.45) is 2.80. The SMILES string of the molecule is Cc1nc(-c2cnn(C)c2C(=O)OC(C)(C)C)ncc1O. The number of carbonyl (C=O) groups is 1. The molecule has 0 aromatic carbocycles. The highest BCUT2D eigenvalue weighted by atomic mass is 16.6. The Labute approximate surface area is 122 Å². The number of aryl methyl sites for hydroxylation is 2. The molecular formula is C14H18N4O3. The molecule has 0 atom stereocenters. The van der Waals surface area contributed by atoms with Crippen LogP contribution in [0.25, 0.3) is 11.4 Å². The molecule has 7 nitrogen and oxygen atoms in total. The Balaban J connectivity index is 2.47. The molecule has 0 aliphatic heterocycles. The van der Waals surface area contributed by atoms with Crippen LogP contribution >= 0.6 is 0 Å². The van der Waals surface area contributed by atoms with Crippen LogP contribution in [0.5, 0.6) is 5.75 Å². The highest BCUT2D eigenvalue weighted by molar-refractivity contribution is 5.94. The molecule has 7 heteroatoms. The lowest BCUT2D eigenvalue weighted by molar-refractivity contribution is 0.00584. The van der Waals surface area contributed by atoms with Crippen molar-refractivity contribution in [2.45, 2.75) is 33.3 Å². The molecule has 0 radical (unpaired) electrons. The molecule has 0 aliphatic carbocycles. The van der Waals surface area contributed by atoms with Gasteiger partial charge in [0.05, 0.1) is 23.7 Å². The summed E-state index contributed by atoms with van der Waals surface area (Å²) in [7, 11) is 1.65. The maximum Gasteiger partial charge on any atom is 0.357 e. The van der Waals surface area contributed by atoms with Crippen LogP contribution in [0.15, 0.2) is 12.4 Å². The number of ether oxygens (including phenoxy) is 1. The molecule has 0 aliphatic rings. The normalized spacial score (nSPS) is 11.5. The van der Waals surface area contributed by atoms with Gasteiger partial charge in [0.2, 0.25) is 0 Å². The van der Waals surface area contributed by atoms with E-state index in [1.807, 2.05) is 0 Å². The van der Waals surface area contributed by atoms with E-state index in [0.29, 0.717) is 17.1 Å². The number of hydrogen-bond acceptors (Lipinski definition) is 6. The number of hydrogen-bond donors (Lipinski definition) is 1. The first-order chi connectivity index (χ1) is 9.69. The third-order valence-corrected chi connectivity index (χ3v) is 2.73. The highest BCUT2D eigenvalue weighted by Gasteiger charge is 2.25. The second-order valence-corrected chi connectivity index (χ2v) is 5.70. The van der Waals surface area contributed by atoms with Gasteiger partial charge in [0.15, 0.2) is 17.3 Å². The number of carbonyl (C=O) groups excluding carboxylic acids is 1. The first-order valence-corrected chi connectivity index (χ1v) is 6.47. The first-order valence-electron chi connectivity index (χ1n) is 6.47. The van der Waals surface area contributed by atoms with Crippen molar-refractivity contribution in [3.05, 3.63) is 23.8 Å². The van der Waals surface area contributed by atoms with Crippen LogP contribution in [-0.2, 0) is 11.8 Å². The van der Waals surface area contributed by atoms with Crippen molar-refractivity contribution in [2.75, 3.05) is 0 Å². The third kappa shape index (κ3) is 3.18. The van der Waals surface area contributed by atoms with E-state index in [2.05, 4.69) is 15.1 Å². The van der Waals surface area contributed by atoms with Crippen LogP contribution in [0.1, 0.15) is 37.0 Å². The van der Waals surface area contributed by atoms with E-state index >= 15 is 0 Å². The van der Waals surface area contributed by atoms with Crippen molar-refractivity contribution in [2.24, 2.45) is 7.05 Å². The van der Waals surface area contributed by atoms with Gasteiger partial charge in [-0.3, -0.25) is 4.68 Å². The Kier molecular flexibility index (Phi) is 3.67. The predicted octanol–water partition coefficient (Wildman–Crippen LogP) is 1.85. The molecule has 0 fully saturated rings. The predicted molar refractivity (Wildman–Crippen MR) is 75.8 cm³/mol. The summed E-state index contributed by atoms with van der Waals surface area (Å²) < 4.78 is 6.80. The van der Waals surface area contributed by atoms with E-state index < -0.39 is 11.6 Å². The van der Waals surface area contributed by atoms with Crippen molar-refractivity contribution in [3.63, 3.8) is 0 Å². The summed E-state index contributed by atoms with van der Waals surface area (Å²) in [4.78, 5) is 20.5. The van der Waals surface area contributed by atoms with E-state index in [4.69, 9.17) is 4.74 Å². The minimum absolute atomic E-state index is 0.00135. The lowest BCUT2D eigenvalue weighted by Crippen LogP contribution is -2.25. The molecule has 112 valence electrons. The van der Waals surface area contributed by atoms with Gasteiger partial charge < -0.3 is 9.84 Å². The van der Waals surface area contributed by atoms with Crippen molar-refractivity contribution in [1.82, 2.24) is 19.7 Å². The maximum atomic E-state index is 12.3. The maximum absolute atomic E-state index is 12.3. The van der Waals surface area contributed by atoms with Gasteiger partial charge in [-0.1, -0.05) is 0 Å². The quantitative estimate of drug-likeness (QED) is 0.849. The number of aromatic nitrogens is 4. The topological polar surface area (TPSA) is 90.1 Å². The van der Waals surface area contributed by atoms with Crippen LogP contribution in [0.4, 0.5) is 0 Å². The van der Waals surface area contributed by atoms with Crippen LogP contribution in [0.2, 0.25) is 0 Å². The van der Waals surface area contributed by atoms with Crippen molar-refractivity contribution < 1.29 is 14.6 Å². The standard InChI is InChI=1S/C14H18N4O3/c1-8-10(19)7-15-12(17-8)9-6-16-18(5)11(9)13(20)21-14(2,3)4/h6-7,19H,1-5H3. The molecule has 0 amide bonds. The highest BCUT2D eigenvalue weighted by Crippen LogP contribution is 2.24. The Bertz CT molecular complexity index is 686. The molecule has 0 saturated heterocycles. The number of esters is 1. The van der Waals surface area contributed by atoms with Gasteiger partial charge in [0.1, 0.15) is 5.60 Å². The molecule has 2 heterocycles. The van der Waals surface area contributed by atoms with Gasteiger partial charge in [-0.25, -0.2) is 14.8 Å². The molecule has 2 aromatic heterocycles. The fourth-order valence-electron chi connectivity index (χ4n) is 1.76. The van der Waals surface area contributed by atoms with Gasteiger partial charge in [-0.2, -0.15) is 5.10 Å². The molecule has 0 spiro atoms. The Morgan fingerprint density at radius 3 is 2.57 bits per heavy atom. The van der Waals surface area contributed by atoms with Gasteiger partial charge in [-0.15, -0.1) is 0 Å². The minimum Gasteiger partial charge on any atom is -0.504 e. The zero-order chi connectivity index (χ0) is 15.8. The molecule has 21 heavy (non-hydrogen) atoms. The number of aromatic hydroxyl groups is 1. The summed E-state index contributed by atoms with van der Waals surface area (Å²) in [5.41, 5.74) is 0.563. The smallest absolute Gasteiger partial charge is 0.357 e. The van der Waals surface area contributed by atoms with E-state index in [-0.39, 0.29) is 11.4 Å². The van der Waals surface area contributed by atoms with Crippen molar-refractivity contribution in [3.8, 4) is 17.1 Å².